The van der Waals surface area contributed by atoms with Crippen LogP contribution in [0.5, 0.6) is 0 Å². The van der Waals surface area contributed by atoms with Crippen LogP contribution in [-0.4, -0.2) is 15.7 Å². The van der Waals surface area contributed by atoms with Crippen molar-refractivity contribution >= 4 is 34.7 Å². The predicted molar refractivity (Wildman–Crippen MR) is 89.4 cm³/mol. The first-order valence-electron chi connectivity index (χ1n) is 6.79. The molecule has 1 aromatic carbocycles. The zero-order chi connectivity index (χ0) is 15.4. The van der Waals surface area contributed by atoms with Gasteiger partial charge in [0.15, 0.2) is 0 Å². The van der Waals surface area contributed by atoms with E-state index in [0.717, 1.165) is 5.56 Å². The van der Waals surface area contributed by atoms with E-state index in [4.69, 9.17) is 11.6 Å². The third kappa shape index (κ3) is 3.75. The highest BCUT2D eigenvalue weighted by atomic mass is 35.5. The molecule has 0 fully saturated rings. The molecule has 4 nitrogen and oxygen atoms in total. The van der Waals surface area contributed by atoms with E-state index in [-0.39, 0.29) is 5.91 Å². The normalized spacial score (nSPS) is 10.6. The molecule has 3 aromatic rings. The highest BCUT2D eigenvalue weighted by Gasteiger charge is 2.09. The van der Waals surface area contributed by atoms with Gasteiger partial charge in [-0.05, 0) is 29.1 Å². The smallest absolute Gasteiger partial charge is 0.229 e. The molecule has 6 heteroatoms. The van der Waals surface area contributed by atoms with Gasteiger partial charge in [-0.1, -0.05) is 29.8 Å². The zero-order valence-corrected chi connectivity index (χ0v) is 13.3. The predicted octanol–water partition coefficient (Wildman–Crippen LogP) is 3.83. The minimum atomic E-state index is -0.0738. The van der Waals surface area contributed by atoms with Gasteiger partial charge in [-0.15, -0.1) is 11.3 Å². The van der Waals surface area contributed by atoms with Gasteiger partial charge < -0.3 is 5.32 Å². The van der Waals surface area contributed by atoms with Crippen LogP contribution in [0, 0.1) is 0 Å². The van der Waals surface area contributed by atoms with Crippen LogP contribution < -0.4 is 5.32 Å². The maximum absolute atomic E-state index is 12.1. The van der Waals surface area contributed by atoms with Crippen molar-refractivity contribution in [2.24, 2.45) is 0 Å². The number of nitrogens with one attached hydrogen (secondary N) is 1. The number of hydrogen-bond donors (Lipinski definition) is 1. The Kier molecular flexibility index (Phi) is 4.56. The molecular weight excluding hydrogens is 318 g/mol. The molecule has 0 saturated carbocycles. The lowest BCUT2D eigenvalue weighted by Crippen LogP contribution is -2.17. The van der Waals surface area contributed by atoms with Gasteiger partial charge in [-0.25, -0.2) is 4.68 Å². The van der Waals surface area contributed by atoms with Gasteiger partial charge in [0, 0.05) is 16.0 Å². The molecule has 0 radical (unpaired) electrons. The fourth-order valence-corrected chi connectivity index (χ4v) is 2.90. The molecule has 0 unspecified atom stereocenters. The highest BCUT2D eigenvalue weighted by molar-refractivity contribution is 7.09. The largest absolute Gasteiger partial charge is 0.311 e. The van der Waals surface area contributed by atoms with Gasteiger partial charge in [0.05, 0.1) is 19.2 Å². The Morgan fingerprint density at radius 3 is 2.77 bits per heavy atom. The zero-order valence-electron chi connectivity index (χ0n) is 11.7. The Morgan fingerprint density at radius 1 is 1.23 bits per heavy atom. The number of nitrogens with zero attached hydrogens (tertiary/aromatic N) is 2. The molecule has 0 spiro atoms. The Balaban J connectivity index is 1.64. The SMILES string of the molecule is O=C(Cc1ccc(Cl)cc1)Nc1ccnn1Cc1cccs1. The molecule has 112 valence electrons. The second-order valence-electron chi connectivity index (χ2n) is 4.80. The second kappa shape index (κ2) is 6.77. The van der Waals surface area contributed by atoms with Crippen LogP contribution in [-0.2, 0) is 17.8 Å². The van der Waals surface area contributed by atoms with Crippen LogP contribution in [0.2, 0.25) is 5.02 Å². The van der Waals surface area contributed by atoms with Crippen molar-refractivity contribution in [2.75, 3.05) is 5.32 Å². The van der Waals surface area contributed by atoms with Crippen LogP contribution in [0.25, 0.3) is 0 Å². The molecule has 0 bridgehead atoms. The summed E-state index contributed by atoms with van der Waals surface area (Å²) in [6.07, 6.45) is 1.99. The van der Waals surface area contributed by atoms with E-state index in [1.54, 1.807) is 40.4 Å². The summed E-state index contributed by atoms with van der Waals surface area (Å²) < 4.78 is 1.78. The minimum absolute atomic E-state index is 0.0738. The molecule has 1 N–H and O–H groups in total. The van der Waals surface area contributed by atoms with Crippen molar-refractivity contribution in [1.29, 1.82) is 0 Å². The first-order valence-corrected chi connectivity index (χ1v) is 8.05. The highest BCUT2D eigenvalue weighted by Crippen LogP contribution is 2.15. The van der Waals surface area contributed by atoms with E-state index < -0.39 is 0 Å². The summed E-state index contributed by atoms with van der Waals surface area (Å²) in [5, 5.41) is 9.84. The molecule has 22 heavy (non-hydrogen) atoms. The van der Waals surface area contributed by atoms with Crippen LogP contribution in [0.3, 0.4) is 0 Å². The summed E-state index contributed by atoms with van der Waals surface area (Å²) in [6.45, 7) is 0.654. The fourth-order valence-electron chi connectivity index (χ4n) is 2.09. The topological polar surface area (TPSA) is 46.9 Å². The molecule has 0 saturated heterocycles. The average molecular weight is 332 g/mol. The lowest BCUT2D eigenvalue weighted by atomic mass is 10.1. The summed E-state index contributed by atoms with van der Waals surface area (Å²) in [5.41, 5.74) is 0.922. The number of rotatable bonds is 5. The first kappa shape index (κ1) is 14.8. The molecular formula is C16H14ClN3OS. The van der Waals surface area contributed by atoms with E-state index in [9.17, 15) is 4.79 Å². The maximum atomic E-state index is 12.1. The summed E-state index contributed by atoms with van der Waals surface area (Å²) in [6, 6.07) is 13.1. The van der Waals surface area contributed by atoms with E-state index >= 15 is 0 Å². The Hall–Kier alpha value is -2.11. The first-order chi connectivity index (χ1) is 10.7. The third-order valence-electron chi connectivity index (χ3n) is 3.15. The molecule has 0 atom stereocenters. The molecule has 3 rings (SSSR count). The van der Waals surface area contributed by atoms with Crippen molar-refractivity contribution in [3.8, 4) is 0 Å². The second-order valence-corrected chi connectivity index (χ2v) is 6.27. The minimum Gasteiger partial charge on any atom is -0.311 e. The van der Waals surface area contributed by atoms with Gasteiger partial charge >= 0.3 is 0 Å². The van der Waals surface area contributed by atoms with Gasteiger partial charge in [-0.2, -0.15) is 5.10 Å². The Morgan fingerprint density at radius 2 is 2.05 bits per heavy atom. The van der Waals surface area contributed by atoms with Gasteiger partial charge in [0.25, 0.3) is 0 Å². The number of carbonyl (C=O) groups excluding carboxylic acids is 1. The lowest BCUT2D eigenvalue weighted by Gasteiger charge is -2.08. The number of anilines is 1. The number of hydrogen-bond acceptors (Lipinski definition) is 3. The number of carbonyl (C=O) groups is 1. The van der Waals surface area contributed by atoms with E-state index in [2.05, 4.69) is 10.4 Å². The average Bonchev–Trinajstić information content (AvgIpc) is 3.15. The van der Waals surface area contributed by atoms with Gasteiger partial charge in [0.2, 0.25) is 5.91 Å². The van der Waals surface area contributed by atoms with E-state index in [0.29, 0.717) is 23.8 Å². The molecule has 0 aliphatic heterocycles. The Labute approximate surface area is 137 Å². The summed E-state index contributed by atoms with van der Waals surface area (Å²) >= 11 is 7.51. The number of halogens is 1. The number of aromatic nitrogens is 2. The van der Waals surface area contributed by atoms with Crippen molar-refractivity contribution in [3.63, 3.8) is 0 Å². The lowest BCUT2D eigenvalue weighted by molar-refractivity contribution is -0.115. The monoisotopic (exact) mass is 331 g/mol. The van der Waals surface area contributed by atoms with Crippen molar-refractivity contribution in [3.05, 3.63) is 69.5 Å². The summed E-state index contributed by atoms with van der Waals surface area (Å²) in [4.78, 5) is 13.3. The molecule has 0 aliphatic carbocycles. The van der Waals surface area contributed by atoms with Crippen molar-refractivity contribution in [1.82, 2.24) is 9.78 Å². The maximum Gasteiger partial charge on any atom is 0.229 e. The van der Waals surface area contributed by atoms with Crippen LogP contribution >= 0.6 is 22.9 Å². The van der Waals surface area contributed by atoms with Gasteiger partial charge in [0.1, 0.15) is 5.82 Å². The van der Waals surface area contributed by atoms with E-state index in [1.165, 1.54) is 4.88 Å². The van der Waals surface area contributed by atoms with Crippen LogP contribution in [0.4, 0.5) is 5.82 Å². The number of thiophene rings is 1. The fraction of sp³-hybridized carbons (Fsp3) is 0.125. The standard InChI is InChI=1S/C16H14ClN3OS/c17-13-5-3-12(4-6-13)10-16(21)19-15-7-8-18-20(15)11-14-2-1-9-22-14/h1-9H,10-11H2,(H,19,21). The molecule has 1 amide bonds. The van der Waals surface area contributed by atoms with Crippen molar-refractivity contribution in [2.45, 2.75) is 13.0 Å². The summed E-state index contributed by atoms with van der Waals surface area (Å²) in [5.74, 6) is 0.627. The Bertz CT molecular complexity index is 750. The number of amides is 1. The molecule has 2 aromatic heterocycles. The quantitative estimate of drug-likeness (QED) is 0.772. The molecule has 0 aliphatic rings. The van der Waals surface area contributed by atoms with Gasteiger partial charge in [-0.3, -0.25) is 4.79 Å². The van der Waals surface area contributed by atoms with Crippen LogP contribution in [0.15, 0.2) is 54.0 Å². The third-order valence-corrected chi connectivity index (χ3v) is 4.26. The molecule has 2 heterocycles. The number of benzene rings is 1. The van der Waals surface area contributed by atoms with E-state index in [1.807, 2.05) is 29.6 Å². The van der Waals surface area contributed by atoms with Crippen molar-refractivity contribution < 1.29 is 4.79 Å². The van der Waals surface area contributed by atoms with Crippen LogP contribution in [0.1, 0.15) is 10.4 Å². The summed E-state index contributed by atoms with van der Waals surface area (Å²) in [7, 11) is 0.